The van der Waals surface area contributed by atoms with Gasteiger partial charge in [-0.25, -0.2) is 8.42 Å². The highest BCUT2D eigenvalue weighted by atomic mass is 32.2. The Bertz CT molecular complexity index is 665. The van der Waals surface area contributed by atoms with Crippen LogP contribution in [0.4, 0.5) is 5.69 Å². The zero-order valence-electron chi connectivity index (χ0n) is 9.38. The van der Waals surface area contributed by atoms with Crippen molar-refractivity contribution in [3.63, 3.8) is 0 Å². The fraction of sp³-hybridized carbons (Fsp3) is 0.182. The van der Waals surface area contributed by atoms with Crippen molar-refractivity contribution in [3.05, 3.63) is 36.2 Å². The number of sulfonamides is 1. The van der Waals surface area contributed by atoms with Crippen molar-refractivity contribution in [2.24, 2.45) is 0 Å². The molecule has 1 aromatic carbocycles. The van der Waals surface area contributed by atoms with Crippen molar-refractivity contribution in [2.45, 2.75) is 11.3 Å². The number of benzene rings is 1. The van der Waals surface area contributed by atoms with Crippen LogP contribution in [0, 0.1) is 0 Å². The number of aromatic amines is 1. The van der Waals surface area contributed by atoms with Gasteiger partial charge >= 0.3 is 0 Å². The first-order chi connectivity index (χ1) is 8.65. The second-order valence-electron chi connectivity index (χ2n) is 3.96. The van der Waals surface area contributed by atoms with E-state index in [1.54, 1.807) is 12.1 Å². The van der Waals surface area contributed by atoms with E-state index < -0.39 is 10.0 Å². The van der Waals surface area contributed by atoms with Gasteiger partial charge in [0.05, 0.1) is 23.4 Å². The molecule has 3 rings (SSSR count). The van der Waals surface area contributed by atoms with Gasteiger partial charge in [-0.1, -0.05) is 0 Å². The Hall–Kier alpha value is -2.02. The van der Waals surface area contributed by atoms with Crippen LogP contribution in [0.25, 0.3) is 0 Å². The van der Waals surface area contributed by atoms with Crippen molar-refractivity contribution in [1.82, 2.24) is 10.2 Å². The maximum atomic E-state index is 12.1. The van der Waals surface area contributed by atoms with Gasteiger partial charge in [-0.2, -0.15) is 5.10 Å². The predicted octanol–water partition coefficient (Wildman–Crippen LogP) is 1.15. The number of hydrogen-bond acceptors (Lipinski definition) is 4. The molecule has 0 atom stereocenters. The monoisotopic (exact) mass is 265 g/mol. The van der Waals surface area contributed by atoms with E-state index in [4.69, 9.17) is 4.74 Å². The van der Waals surface area contributed by atoms with Crippen molar-refractivity contribution < 1.29 is 13.2 Å². The molecule has 1 aromatic heterocycles. The summed E-state index contributed by atoms with van der Waals surface area (Å²) in [4.78, 5) is 0.230. The molecular formula is C11H11N3O3S. The molecule has 0 spiro atoms. The minimum Gasteiger partial charge on any atom is -0.493 e. The molecule has 94 valence electrons. The molecule has 0 unspecified atom stereocenters. The minimum atomic E-state index is -3.57. The third-order valence-electron chi connectivity index (χ3n) is 2.72. The summed E-state index contributed by atoms with van der Waals surface area (Å²) in [6, 6.07) is 4.86. The van der Waals surface area contributed by atoms with Crippen molar-refractivity contribution >= 4 is 15.7 Å². The number of hydrogen-bond donors (Lipinski definition) is 2. The minimum absolute atomic E-state index is 0.230. The van der Waals surface area contributed by atoms with Gasteiger partial charge in [0.15, 0.2) is 0 Å². The Balaban J connectivity index is 1.94. The molecule has 0 amide bonds. The van der Waals surface area contributed by atoms with Crippen LogP contribution in [0.3, 0.4) is 0 Å². The number of H-pyrrole nitrogens is 1. The summed E-state index contributed by atoms with van der Waals surface area (Å²) in [5.74, 6) is 0.761. The Kier molecular flexibility index (Phi) is 2.48. The van der Waals surface area contributed by atoms with Crippen LogP contribution >= 0.6 is 0 Å². The highest BCUT2D eigenvalue weighted by Gasteiger charge is 2.19. The highest BCUT2D eigenvalue weighted by molar-refractivity contribution is 7.92. The van der Waals surface area contributed by atoms with Crippen LogP contribution in [-0.2, 0) is 16.4 Å². The van der Waals surface area contributed by atoms with Gasteiger partial charge in [0.2, 0.25) is 0 Å². The summed E-state index contributed by atoms with van der Waals surface area (Å²) in [5, 5.41) is 6.23. The second-order valence-corrected chi connectivity index (χ2v) is 5.64. The summed E-state index contributed by atoms with van der Waals surface area (Å²) < 4.78 is 32.0. The molecule has 2 N–H and O–H groups in total. The molecule has 0 radical (unpaired) electrons. The van der Waals surface area contributed by atoms with Crippen molar-refractivity contribution in [3.8, 4) is 5.75 Å². The van der Waals surface area contributed by atoms with E-state index >= 15 is 0 Å². The lowest BCUT2D eigenvalue weighted by atomic mass is 10.2. The van der Waals surface area contributed by atoms with Crippen LogP contribution in [0.2, 0.25) is 0 Å². The third-order valence-corrected chi connectivity index (χ3v) is 4.10. The van der Waals surface area contributed by atoms with E-state index in [2.05, 4.69) is 14.9 Å². The van der Waals surface area contributed by atoms with E-state index in [-0.39, 0.29) is 4.90 Å². The molecule has 0 saturated carbocycles. The summed E-state index contributed by atoms with van der Waals surface area (Å²) in [6.07, 6.45) is 3.63. The van der Waals surface area contributed by atoms with Gasteiger partial charge in [0, 0.05) is 12.6 Å². The third kappa shape index (κ3) is 1.92. The summed E-state index contributed by atoms with van der Waals surface area (Å²) in [5.41, 5.74) is 1.33. The number of aromatic nitrogens is 2. The average molecular weight is 265 g/mol. The average Bonchev–Trinajstić information content (AvgIpc) is 2.97. The molecule has 0 fully saturated rings. The van der Waals surface area contributed by atoms with Crippen molar-refractivity contribution in [2.75, 3.05) is 11.3 Å². The lowest BCUT2D eigenvalue weighted by Gasteiger charge is -2.07. The number of rotatable bonds is 3. The lowest BCUT2D eigenvalue weighted by Crippen LogP contribution is -2.12. The molecule has 18 heavy (non-hydrogen) atoms. The lowest BCUT2D eigenvalue weighted by molar-refractivity contribution is 0.356. The quantitative estimate of drug-likeness (QED) is 0.871. The van der Waals surface area contributed by atoms with Crippen LogP contribution < -0.4 is 9.46 Å². The van der Waals surface area contributed by atoms with Crippen molar-refractivity contribution in [1.29, 1.82) is 0 Å². The van der Waals surface area contributed by atoms with Crippen LogP contribution in [-0.4, -0.2) is 25.2 Å². The number of ether oxygens (including phenoxy) is 1. The highest BCUT2D eigenvalue weighted by Crippen LogP contribution is 2.28. The molecule has 1 aliphatic heterocycles. The Labute approximate surface area is 104 Å². The van der Waals surface area contributed by atoms with Gasteiger partial charge in [-0.05, 0) is 23.8 Å². The van der Waals surface area contributed by atoms with Gasteiger partial charge in [0.1, 0.15) is 5.75 Å². The first-order valence-electron chi connectivity index (χ1n) is 5.42. The van der Waals surface area contributed by atoms with Gasteiger partial charge in [-0.15, -0.1) is 0 Å². The van der Waals surface area contributed by atoms with Crippen LogP contribution in [0.1, 0.15) is 5.56 Å². The molecule has 1 aliphatic rings. The Morgan fingerprint density at radius 1 is 1.39 bits per heavy atom. The Morgan fingerprint density at radius 3 is 3.06 bits per heavy atom. The maximum absolute atomic E-state index is 12.1. The first-order valence-corrected chi connectivity index (χ1v) is 6.91. The number of nitrogens with zero attached hydrogens (tertiary/aromatic N) is 1. The van der Waals surface area contributed by atoms with Gasteiger partial charge in [0.25, 0.3) is 10.0 Å². The number of fused-ring (bicyclic) bond motifs is 1. The first kappa shape index (κ1) is 11.1. The summed E-state index contributed by atoms with van der Waals surface area (Å²) in [7, 11) is -3.57. The van der Waals surface area contributed by atoms with Crippen LogP contribution in [0.5, 0.6) is 5.75 Å². The molecule has 0 bridgehead atoms. The fourth-order valence-corrected chi connectivity index (χ4v) is 2.94. The largest absolute Gasteiger partial charge is 0.493 e. The molecule has 2 aromatic rings. The maximum Gasteiger partial charge on any atom is 0.262 e. The molecule has 0 saturated heterocycles. The molecular weight excluding hydrogens is 254 g/mol. The van der Waals surface area contributed by atoms with E-state index in [1.165, 1.54) is 18.5 Å². The summed E-state index contributed by atoms with van der Waals surface area (Å²) >= 11 is 0. The second kappa shape index (κ2) is 4.02. The predicted molar refractivity (Wildman–Crippen MR) is 65.0 cm³/mol. The van der Waals surface area contributed by atoms with E-state index in [0.29, 0.717) is 12.3 Å². The zero-order chi connectivity index (χ0) is 12.6. The standard InChI is InChI=1S/C11H11N3O3S/c15-18(16,14-9-6-12-13-7-9)10-1-2-11-8(5-10)3-4-17-11/h1-2,5-7,14H,3-4H2,(H,12,13). The topological polar surface area (TPSA) is 84.1 Å². The van der Waals surface area contributed by atoms with E-state index in [1.807, 2.05) is 0 Å². The SMILES string of the molecule is O=S(=O)(Nc1cn[nH]c1)c1ccc2c(c1)CCO2. The zero-order valence-corrected chi connectivity index (χ0v) is 10.2. The molecule has 2 heterocycles. The number of nitrogens with one attached hydrogen (secondary N) is 2. The smallest absolute Gasteiger partial charge is 0.262 e. The Morgan fingerprint density at radius 2 is 2.28 bits per heavy atom. The van der Waals surface area contributed by atoms with Crippen LogP contribution in [0.15, 0.2) is 35.5 Å². The van der Waals surface area contributed by atoms with Gasteiger partial charge in [-0.3, -0.25) is 9.82 Å². The van der Waals surface area contributed by atoms with E-state index in [0.717, 1.165) is 17.7 Å². The molecule has 7 heteroatoms. The summed E-state index contributed by atoms with van der Waals surface area (Å²) in [6.45, 7) is 0.605. The molecule has 6 nitrogen and oxygen atoms in total. The van der Waals surface area contributed by atoms with E-state index in [9.17, 15) is 8.42 Å². The normalized spacial score (nSPS) is 14.0. The number of anilines is 1. The fourth-order valence-electron chi connectivity index (χ4n) is 1.85. The molecule has 0 aliphatic carbocycles. The van der Waals surface area contributed by atoms with Gasteiger partial charge < -0.3 is 4.74 Å².